The zero-order valence-corrected chi connectivity index (χ0v) is 19.9. The number of carbonyl (C=O) groups excluding carboxylic acids is 2. The summed E-state index contributed by atoms with van der Waals surface area (Å²) in [5, 5.41) is 11.9. The van der Waals surface area contributed by atoms with Crippen LogP contribution in [-0.4, -0.2) is 53.7 Å². The van der Waals surface area contributed by atoms with Gasteiger partial charge in [-0.2, -0.15) is 0 Å². The number of nitrogens with one attached hydrogen (secondary N) is 1. The number of nitrogens with zero attached hydrogens (tertiary/aromatic N) is 1. The minimum Gasteiger partial charge on any atom is -0.481 e. The van der Waals surface area contributed by atoms with Gasteiger partial charge in [0.05, 0.1) is 5.41 Å². The number of carboxylic acids is 1. The third-order valence-corrected chi connectivity index (χ3v) is 8.01. The number of hydrogen-bond donors (Lipinski definition) is 2. The Morgan fingerprint density at radius 2 is 1.66 bits per heavy atom. The Morgan fingerprint density at radius 1 is 1.00 bits per heavy atom. The van der Waals surface area contributed by atoms with Crippen LogP contribution in [0.15, 0.2) is 48.5 Å². The molecular formula is C28H32N2O5. The molecule has 1 saturated heterocycles. The monoisotopic (exact) mass is 476 g/mol. The number of ether oxygens (including phenoxy) is 1. The molecule has 2 aliphatic carbocycles. The van der Waals surface area contributed by atoms with Gasteiger partial charge in [-0.25, -0.2) is 4.79 Å². The number of aliphatic carboxylic acids is 1. The third kappa shape index (κ3) is 4.51. The van der Waals surface area contributed by atoms with Crippen molar-refractivity contribution < 1.29 is 24.2 Å². The molecule has 2 amide bonds. The van der Waals surface area contributed by atoms with Gasteiger partial charge in [0.2, 0.25) is 5.91 Å². The van der Waals surface area contributed by atoms with Crippen molar-refractivity contribution in [3.05, 3.63) is 59.7 Å². The number of likely N-dealkylation sites (tertiary alicyclic amines) is 1. The minimum atomic E-state index is -0.834. The van der Waals surface area contributed by atoms with E-state index in [4.69, 9.17) is 9.84 Å². The van der Waals surface area contributed by atoms with Crippen LogP contribution in [0.4, 0.5) is 4.79 Å². The lowest BCUT2D eigenvalue weighted by molar-refractivity contribution is -0.149. The van der Waals surface area contributed by atoms with Crippen LogP contribution in [0.5, 0.6) is 0 Å². The highest BCUT2D eigenvalue weighted by molar-refractivity contribution is 5.85. The molecule has 0 aromatic heterocycles. The molecule has 3 aliphatic rings. The summed E-state index contributed by atoms with van der Waals surface area (Å²) in [5.74, 6) is -0.790. The number of carbonyl (C=O) groups is 3. The van der Waals surface area contributed by atoms with Crippen molar-refractivity contribution in [2.75, 3.05) is 19.7 Å². The van der Waals surface area contributed by atoms with Gasteiger partial charge in [-0.3, -0.25) is 9.59 Å². The van der Waals surface area contributed by atoms with Gasteiger partial charge < -0.3 is 20.1 Å². The summed E-state index contributed by atoms with van der Waals surface area (Å²) in [5.41, 5.74) is 4.08. The highest BCUT2D eigenvalue weighted by Gasteiger charge is 2.48. The van der Waals surface area contributed by atoms with E-state index in [1.807, 2.05) is 29.2 Å². The standard InChI is InChI=1S/C28H32N2O5/c31-25(32)13-12-19-7-5-16-30(19)26(33)28(14-6-15-28)18-29-27(34)35-17-24-22-10-3-1-8-20(22)21-9-2-4-11-23(21)24/h1-4,8-11,19,24H,5-7,12-18H2,(H,29,34)(H,31,32). The van der Waals surface area contributed by atoms with Gasteiger partial charge in [0.1, 0.15) is 6.61 Å². The Kier molecular flexibility index (Phi) is 6.50. The summed E-state index contributed by atoms with van der Waals surface area (Å²) in [6.07, 6.45) is 4.20. The molecule has 0 bridgehead atoms. The van der Waals surface area contributed by atoms with Gasteiger partial charge in [0.15, 0.2) is 0 Å². The largest absolute Gasteiger partial charge is 0.481 e. The molecule has 2 N–H and O–H groups in total. The van der Waals surface area contributed by atoms with E-state index < -0.39 is 17.5 Å². The van der Waals surface area contributed by atoms with Gasteiger partial charge in [-0.1, -0.05) is 55.0 Å². The number of fused-ring (bicyclic) bond motifs is 3. The van der Waals surface area contributed by atoms with E-state index in [0.29, 0.717) is 13.0 Å². The first kappa shape index (κ1) is 23.4. The van der Waals surface area contributed by atoms with Crippen molar-refractivity contribution in [3.63, 3.8) is 0 Å². The molecule has 7 heteroatoms. The molecule has 1 unspecified atom stereocenters. The molecule has 5 rings (SSSR count). The van der Waals surface area contributed by atoms with Gasteiger partial charge in [0.25, 0.3) is 0 Å². The summed E-state index contributed by atoms with van der Waals surface area (Å²) in [4.78, 5) is 39.0. The van der Waals surface area contributed by atoms with E-state index in [-0.39, 0.29) is 37.4 Å². The average molecular weight is 477 g/mol. The molecule has 0 spiro atoms. The lowest BCUT2D eigenvalue weighted by Crippen LogP contribution is -2.54. The lowest BCUT2D eigenvalue weighted by atomic mass is 9.67. The molecule has 2 aromatic carbocycles. The number of benzene rings is 2. The second-order valence-corrected chi connectivity index (χ2v) is 10.0. The topological polar surface area (TPSA) is 95.9 Å². The van der Waals surface area contributed by atoms with Crippen LogP contribution >= 0.6 is 0 Å². The summed E-state index contributed by atoms with van der Waals surface area (Å²) in [6.45, 7) is 1.16. The van der Waals surface area contributed by atoms with E-state index in [2.05, 4.69) is 29.6 Å². The quantitative estimate of drug-likeness (QED) is 0.583. The maximum absolute atomic E-state index is 13.4. The molecule has 7 nitrogen and oxygen atoms in total. The van der Waals surface area contributed by atoms with Crippen LogP contribution < -0.4 is 5.32 Å². The molecule has 1 heterocycles. The Morgan fingerprint density at radius 3 is 2.26 bits per heavy atom. The normalized spacial score (nSPS) is 20.0. The van der Waals surface area contributed by atoms with Crippen LogP contribution in [0.3, 0.4) is 0 Å². The van der Waals surface area contributed by atoms with E-state index >= 15 is 0 Å². The summed E-state index contributed by atoms with van der Waals surface area (Å²) in [6, 6.07) is 16.4. The Balaban J connectivity index is 1.19. The first-order valence-electron chi connectivity index (χ1n) is 12.6. The molecule has 184 valence electrons. The molecule has 0 radical (unpaired) electrons. The zero-order chi connectivity index (χ0) is 24.4. The summed E-state index contributed by atoms with van der Waals surface area (Å²) >= 11 is 0. The fraction of sp³-hybridized carbons (Fsp3) is 0.464. The van der Waals surface area contributed by atoms with E-state index in [1.54, 1.807) is 0 Å². The second kappa shape index (κ2) is 9.72. The van der Waals surface area contributed by atoms with Gasteiger partial charge in [0, 0.05) is 31.5 Å². The highest BCUT2D eigenvalue weighted by atomic mass is 16.5. The molecular weight excluding hydrogens is 444 g/mol. The van der Waals surface area contributed by atoms with Crippen LogP contribution in [0.2, 0.25) is 0 Å². The summed E-state index contributed by atoms with van der Waals surface area (Å²) in [7, 11) is 0. The van der Waals surface area contributed by atoms with Gasteiger partial charge >= 0.3 is 12.1 Å². The Labute approximate surface area is 205 Å². The van der Waals surface area contributed by atoms with Crippen molar-refractivity contribution in [2.45, 2.75) is 56.9 Å². The van der Waals surface area contributed by atoms with E-state index in [0.717, 1.165) is 43.2 Å². The molecule has 2 fully saturated rings. The average Bonchev–Trinajstić information content (AvgIpc) is 3.43. The van der Waals surface area contributed by atoms with E-state index in [1.165, 1.54) is 11.1 Å². The van der Waals surface area contributed by atoms with Crippen molar-refractivity contribution in [1.82, 2.24) is 10.2 Å². The fourth-order valence-electron chi connectivity index (χ4n) is 5.96. The van der Waals surface area contributed by atoms with Crippen molar-refractivity contribution >= 4 is 18.0 Å². The third-order valence-electron chi connectivity index (χ3n) is 8.01. The van der Waals surface area contributed by atoms with Crippen molar-refractivity contribution in [2.24, 2.45) is 5.41 Å². The van der Waals surface area contributed by atoms with Crippen LogP contribution in [0.1, 0.15) is 62.0 Å². The van der Waals surface area contributed by atoms with Crippen LogP contribution in [0.25, 0.3) is 11.1 Å². The Bertz CT molecular complexity index is 1080. The molecule has 1 aliphatic heterocycles. The number of alkyl carbamates (subject to hydrolysis) is 1. The van der Waals surface area contributed by atoms with Crippen LogP contribution in [-0.2, 0) is 14.3 Å². The predicted molar refractivity (Wildman–Crippen MR) is 131 cm³/mol. The maximum Gasteiger partial charge on any atom is 0.407 e. The number of amides is 2. The SMILES string of the molecule is O=C(O)CCC1CCCN1C(=O)C1(CNC(=O)OCC2c3ccccc3-c3ccccc32)CCC1. The highest BCUT2D eigenvalue weighted by Crippen LogP contribution is 2.45. The van der Waals surface area contributed by atoms with Gasteiger partial charge in [-0.05, 0) is 54.4 Å². The maximum atomic E-state index is 13.4. The first-order chi connectivity index (χ1) is 17.0. The first-order valence-corrected chi connectivity index (χ1v) is 12.6. The predicted octanol–water partition coefficient (Wildman–Crippen LogP) is 4.55. The lowest BCUT2D eigenvalue weighted by Gasteiger charge is -2.44. The number of carboxylic acid groups (broad SMARTS) is 1. The molecule has 2 aromatic rings. The Hall–Kier alpha value is -3.35. The molecule has 35 heavy (non-hydrogen) atoms. The second-order valence-electron chi connectivity index (χ2n) is 10.0. The smallest absolute Gasteiger partial charge is 0.407 e. The van der Waals surface area contributed by atoms with Crippen molar-refractivity contribution in [3.8, 4) is 11.1 Å². The zero-order valence-electron chi connectivity index (χ0n) is 19.9. The van der Waals surface area contributed by atoms with Crippen molar-refractivity contribution in [1.29, 1.82) is 0 Å². The number of rotatable bonds is 8. The van der Waals surface area contributed by atoms with Gasteiger partial charge in [-0.15, -0.1) is 0 Å². The van der Waals surface area contributed by atoms with Crippen LogP contribution in [0, 0.1) is 5.41 Å². The minimum absolute atomic E-state index is 0.00737. The van der Waals surface area contributed by atoms with E-state index in [9.17, 15) is 14.4 Å². The molecule has 1 atom stereocenters. The molecule has 1 saturated carbocycles. The number of hydrogen-bond acceptors (Lipinski definition) is 4. The fourth-order valence-corrected chi connectivity index (χ4v) is 5.96. The summed E-state index contributed by atoms with van der Waals surface area (Å²) < 4.78 is 5.65.